The van der Waals surface area contributed by atoms with Gasteiger partial charge in [-0.05, 0) is 71.4 Å². The van der Waals surface area contributed by atoms with Crippen molar-refractivity contribution in [1.29, 1.82) is 0 Å². The molecule has 0 unspecified atom stereocenters. The molecule has 0 amide bonds. The number of nitrogens with zero attached hydrogens (tertiary/aromatic N) is 1. The van der Waals surface area contributed by atoms with Crippen molar-refractivity contribution in [3.8, 4) is 11.3 Å². The fourth-order valence-corrected chi connectivity index (χ4v) is 2.85. The van der Waals surface area contributed by atoms with Crippen LogP contribution < -0.4 is 0 Å². The first-order valence-electron chi connectivity index (χ1n) is 6.14. The van der Waals surface area contributed by atoms with Crippen LogP contribution in [0.15, 0.2) is 41.0 Å². The molecule has 1 heterocycles. The fourth-order valence-electron chi connectivity index (χ4n) is 1.77. The maximum Gasteiger partial charge on any atom is 0.419 e. The smallest absolute Gasteiger partial charge is 0.419 e. The molecule has 5 heteroatoms. The highest BCUT2D eigenvalue weighted by atomic mass is 127. The van der Waals surface area contributed by atoms with Gasteiger partial charge in [-0.25, -0.2) is 4.79 Å². The third-order valence-corrected chi connectivity index (χ3v) is 3.90. The molecular weight excluding hydrogens is 433 g/mol. The van der Waals surface area contributed by atoms with Crippen molar-refractivity contribution in [2.45, 2.75) is 26.4 Å². The Bertz CT molecular complexity index is 644. The molecule has 0 atom stereocenters. The molecule has 0 N–H and O–H groups in total. The molecule has 0 saturated carbocycles. The zero-order valence-corrected chi connectivity index (χ0v) is 15.2. The second-order valence-corrected chi connectivity index (χ2v) is 7.45. The lowest BCUT2D eigenvalue weighted by Gasteiger charge is -2.20. The first-order chi connectivity index (χ1) is 9.28. The average molecular weight is 448 g/mol. The highest BCUT2D eigenvalue weighted by Gasteiger charge is 2.21. The van der Waals surface area contributed by atoms with E-state index in [0.29, 0.717) is 0 Å². The summed E-state index contributed by atoms with van der Waals surface area (Å²) in [6.07, 6.45) is 1.35. The van der Waals surface area contributed by atoms with Crippen LogP contribution in [0.25, 0.3) is 11.3 Å². The summed E-state index contributed by atoms with van der Waals surface area (Å²) in [5.41, 5.74) is 1.30. The second-order valence-electron chi connectivity index (χ2n) is 5.37. The molecule has 1 aromatic carbocycles. The van der Waals surface area contributed by atoms with E-state index in [1.807, 2.05) is 51.1 Å². The number of rotatable bonds is 1. The van der Waals surface area contributed by atoms with Gasteiger partial charge < -0.3 is 4.74 Å². The van der Waals surface area contributed by atoms with E-state index in [1.165, 1.54) is 4.57 Å². The summed E-state index contributed by atoms with van der Waals surface area (Å²) in [4.78, 5) is 12.3. The molecule has 0 bridgehead atoms. The number of halogens is 2. The Hall–Kier alpha value is -0.820. The van der Waals surface area contributed by atoms with Crippen LogP contribution in [0.2, 0.25) is 0 Å². The Balaban J connectivity index is 2.46. The van der Waals surface area contributed by atoms with Crippen LogP contribution in [0.1, 0.15) is 20.8 Å². The molecule has 0 aliphatic heterocycles. The number of carbonyl (C=O) groups is 1. The Morgan fingerprint density at radius 2 is 1.95 bits per heavy atom. The van der Waals surface area contributed by atoms with Gasteiger partial charge in [-0.1, -0.05) is 18.2 Å². The number of carbonyl (C=O) groups excluding carboxylic acids is 1. The molecule has 0 aliphatic rings. The standard InChI is InChI=1S/C15H15BrINO2/c1-15(2,3)20-14(19)18-9-10(16)8-13(18)11-6-4-5-7-12(11)17/h4-9H,1-3H3. The van der Waals surface area contributed by atoms with Crippen LogP contribution in [0, 0.1) is 3.57 Å². The van der Waals surface area contributed by atoms with E-state index >= 15 is 0 Å². The molecule has 0 saturated heterocycles. The summed E-state index contributed by atoms with van der Waals surface area (Å²) in [7, 11) is 0. The largest absolute Gasteiger partial charge is 0.443 e. The van der Waals surface area contributed by atoms with E-state index in [0.717, 1.165) is 19.3 Å². The molecule has 0 spiro atoms. The molecule has 106 valence electrons. The van der Waals surface area contributed by atoms with Gasteiger partial charge in [0.1, 0.15) is 5.60 Å². The minimum absolute atomic E-state index is 0.377. The number of hydrogen-bond donors (Lipinski definition) is 0. The lowest BCUT2D eigenvalue weighted by molar-refractivity contribution is 0.0540. The summed E-state index contributed by atoms with van der Waals surface area (Å²) in [5.74, 6) is 0. The maximum absolute atomic E-state index is 12.3. The SMILES string of the molecule is CC(C)(C)OC(=O)n1cc(Br)cc1-c1ccccc1I. The van der Waals surface area contributed by atoms with Gasteiger partial charge in [-0.3, -0.25) is 4.57 Å². The van der Waals surface area contributed by atoms with Crippen molar-refractivity contribution in [3.63, 3.8) is 0 Å². The van der Waals surface area contributed by atoms with Gasteiger partial charge in [0.2, 0.25) is 0 Å². The third kappa shape index (κ3) is 3.63. The van der Waals surface area contributed by atoms with Crippen molar-refractivity contribution < 1.29 is 9.53 Å². The van der Waals surface area contributed by atoms with E-state index in [2.05, 4.69) is 38.5 Å². The van der Waals surface area contributed by atoms with Crippen LogP contribution in [0.3, 0.4) is 0 Å². The minimum Gasteiger partial charge on any atom is -0.443 e. The number of aromatic nitrogens is 1. The molecule has 3 nitrogen and oxygen atoms in total. The highest BCUT2D eigenvalue weighted by molar-refractivity contribution is 14.1. The van der Waals surface area contributed by atoms with Crippen molar-refractivity contribution in [2.24, 2.45) is 0 Å². The van der Waals surface area contributed by atoms with E-state index < -0.39 is 5.60 Å². The van der Waals surface area contributed by atoms with Crippen LogP contribution in [0.5, 0.6) is 0 Å². The molecule has 2 rings (SSSR count). The predicted octanol–water partition coefficient (Wildman–Crippen LogP) is 5.31. The Morgan fingerprint density at radius 3 is 2.55 bits per heavy atom. The minimum atomic E-state index is -0.519. The van der Waals surface area contributed by atoms with Gasteiger partial charge >= 0.3 is 6.09 Å². The van der Waals surface area contributed by atoms with Gasteiger partial charge in [-0.15, -0.1) is 0 Å². The first-order valence-corrected chi connectivity index (χ1v) is 8.01. The lowest BCUT2D eigenvalue weighted by atomic mass is 10.1. The Labute approximate surface area is 140 Å². The predicted molar refractivity (Wildman–Crippen MR) is 91.9 cm³/mol. The van der Waals surface area contributed by atoms with Gasteiger partial charge in [0, 0.05) is 19.8 Å². The van der Waals surface area contributed by atoms with E-state index in [9.17, 15) is 4.79 Å². The van der Waals surface area contributed by atoms with Crippen LogP contribution in [-0.2, 0) is 4.74 Å². The van der Waals surface area contributed by atoms with E-state index in [4.69, 9.17) is 4.74 Å². The summed E-state index contributed by atoms with van der Waals surface area (Å²) in [6.45, 7) is 5.57. The zero-order valence-electron chi connectivity index (χ0n) is 11.5. The number of ether oxygens (including phenoxy) is 1. The van der Waals surface area contributed by atoms with Crippen LogP contribution >= 0.6 is 38.5 Å². The van der Waals surface area contributed by atoms with Gasteiger partial charge in [0.05, 0.1) is 5.69 Å². The maximum atomic E-state index is 12.3. The Morgan fingerprint density at radius 1 is 1.30 bits per heavy atom. The third-order valence-electron chi connectivity index (χ3n) is 2.53. The van der Waals surface area contributed by atoms with Crippen molar-refractivity contribution in [3.05, 3.63) is 44.6 Å². The summed E-state index contributed by atoms with van der Waals surface area (Å²) in [5, 5.41) is 0. The summed E-state index contributed by atoms with van der Waals surface area (Å²) in [6, 6.07) is 9.85. The second kappa shape index (κ2) is 5.89. The van der Waals surface area contributed by atoms with Gasteiger partial charge in [0.15, 0.2) is 0 Å². The molecule has 2 aromatic rings. The molecule has 1 aromatic heterocycles. The number of benzene rings is 1. The molecule has 0 radical (unpaired) electrons. The fraction of sp³-hybridized carbons (Fsp3) is 0.267. The monoisotopic (exact) mass is 447 g/mol. The van der Waals surface area contributed by atoms with Crippen molar-refractivity contribution >= 4 is 44.6 Å². The molecule has 0 aliphatic carbocycles. The number of hydrogen-bond acceptors (Lipinski definition) is 2. The van der Waals surface area contributed by atoms with Crippen molar-refractivity contribution in [1.82, 2.24) is 4.57 Å². The normalized spacial score (nSPS) is 11.4. The molecular formula is C15H15BrINO2. The van der Waals surface area contributed by atoms with Crippen molar-refractivity contribution in [2.75, 3.05) is 0 Å². The summed E-state index contributed by atoms with van der Waals surface area (Å²) < 4.78 is 8.90. The lowest BCUT2D eigenvalue weighted by Crippen LogP contribution is -2.27. The topological polar surface area (TPSA) is 31.2 Å². The van der Waals surface area contributed by atoms with Gasteiger partial charge in [-0.2, -0.15) is 0 Å². The molecule has 20 heavy (non-hydrogen) atoms. The molecule has 0 fully saturated rings. The Kier molecular flexibility index (Phi) is 4.59. The highest BCUT2D eigenvalue weighted by Crippen LogP contribution is 2.29. The zero-order chi connectivity index (χ0) is 14.9. The van der Waals surface area contributed by atoms with Gasteiger partial charge in [0.25, 0.3) is 0 Å². The summed E-state index contributed by atoms with van der Waals surface area (Å²) >= 11 is 5.68. The van der Waals surface area contributed by atoms with E-state index in [-0.39, 0.29) is 6.09 Å². The van der Waals surface area contributed by atoms with Crippen LogP contribution in [0.4, 0.5) is 4.79 Å². The quantitative estimate of drug-likeness (QED) is 0.555. The average Bonchev–Trinajstić information content (AvgIpc) is 2.69. The van der Waals surface area contributed by atoms with E-state index in [1.54, 1.807) is 6.20 Å². The first kappa shape index (κ1) is 15.6. The van der Waals surface area contributed by atoms with Crippen LogP contribution in [-0.4, -0.2) is 16.3 Å².